The van der Waals surface area contributed by atoms with E-state index in [-0.39, 0.29) is 0 Å². The fraction of sp³-hybridized carbons (Fsp3) is 0.450. The second-order valence-corrected chi connectivity index (χ2v) is 6.74. The van der Waals surface area contributed by atoms with Crippen LogP contribution >= 0.6 is 0 Å². The molecule has 1 aliphatic rings. The number of likely N-dealkylation sites (tertiary alicyclic amines) is 1. The number of nitrogens with zero attached hydrogens (tertiary/aromatic N) is 3. The minimum absolute atomic E-state index is 0.419. The normalized spacial score (nSPS) is 14.9. The lowest BCUT2D eigenvalue weighted by molar-refractivity contribution is 0.220. The summed E-state index contributed by atoms with van der Waals surface area (Å²) in [4.78, 5) is 17.6. The molecular formula is C20H28N6O2. The number of anilines is 2. The highest BCUT2D eigenvalue weighted by molar-refractivity contribution is 5.57. The molecule has 0 saturated carbocycles. The van der Waals surface area contributed by atoms with Crippen molar-refractivity contribution >= 4 is 11.6 Å². The van der Waals surface area contributed by atoms with Crippen LogP contribution < -0.4 is 21.1 Å². The third kappa shape index (κ3) is 6.09. The Balaban J connectivity index is 1.43. The summed E-state index contributed by atoms with van der Waals surface area (Å²) in [5.41, 5.74) is 0.802. The molecule has 3 N–H and O–H groups in total. The van der Waals surface area contributed by atoms with E-state index >= 15 is 0 Å². The Labute approximate surface area is 165 Å². The Kier molecular flexibility index (Phi) is 7.43. The molecule has 2 aromatic rings. The van der Waals surface area contributed by atoms with E-state index < -0.39 is 5.69 Å². The summed E-state index contributed by atoms with van der Waals surface area (Å²) in [6.07, 6.45) is 7.82. The summed E-state index contributed by atoms with van der Waals surface area (Å²) in [5.74, 6) is 1.79. The number of aromatic nitrogens is 3. The summed E-state index contributed by atoms with van der Waals surface area (Å²) < 4.78 is 5.82. The summed E-state index contributed by atoms with van der Waals surface area (Å²) in [5, 5.41) is 12.1. The Bertz CT molecular complexity index is 829. The van der Waals surface area contributed by atoms with Gasteiger partial charge in [-0.15, -0.1) is 5.10 Å². The van der Waals surface area contributed by atoms with Gasteiger partial charge in [-0.2, -0.15) is 4.98 Å². The molecule has 1 saturated heterocycles. The standard InChI is InChI=1S/C20H28N6O2/c1-21-18-19(23-20(27)25-24-18)22-10-3-6-13-28-17-9-7-8-16(14-17)15-26-11-4-2-5-12-26/h3,6-9,14H,2,4-5,10-13,15H2,1H3,(H,21,24)(H2,22,23,25,27). The van der Waals surface area contributed by atoms with Gasteiger partial charge in [-0.1, -0.05) is 24.6 Å². The molecule has 1 fully saturated rings. The van der Waals surface area contributed by atoms with Crippen LogP contribution in [-0.4, -0.2) is 53.4 Å². The molecule has 1 aliphatic heterocycles. The number of ether oxygens (including phenoxy) is 1. The van der Waals surface area contributed by atoms with Crippen molar-refractivity contribution in [2.45, 2.75) is 25.8 Å². The zero-order valence-corrected chi connectivity index (χ0v) is 16.3. The van der Waals surface area contributed by atoms with Crippen LogP contribution in [0.3, 0.4) is 0 Å². The second kappa shape index (κ2) is 10.5. The number of H-pyrrole nitrogens is 1. The van der Waals surface area contributed by atoms with Gasteiger partial charge in [0.15, 0.2) is 11.6 Å². The zero-order valence-electron chi connectivity index (χ0n) is 16.3. The first-order valence-electron chi connectivity index (χ1n) is 9.72. The SMILES string of the molecule is CNc1n[nH]c(=O)nc1NCC=CCOc1cccc(CN2CCCCC2)c1. The van der Waals surface area contributed by atoms with Crippen LogP contribution in [0.2, 0.25) is 0 Å². The molecule has 0 spiro atoms. The number of benzene rings is 1. The number of nitrogens with one attached hydrogen (secondary N) is 3. The molecule has 8 nitrogen and oxygen atoms in total. The lowest BCUT2D eigenvalue weighted by Crippen LogP contribution is -2.29. The van der Waals surface area contributed by atoms with E-state index in [1.54, 1.807) is 7.05 Å². The summed E-state index contributed by atoms with van der Waals surface area (Å²) >= 11 is 0. The summed E-state index contributed by atoms with van der Waals surface area (Å²) in [7, 11) is 1.72. The van der Waals surface area contributed by atoms with Crippen molar-refractivity contribution in [1.82, 2.24) is 20.1 Å². The molecule has 0 radical (unpaired) electrons. The Morgan fingerprint density at radius 2 is 2.07 bits per heavy atom. The average Bonchev–Trinajstić information content (AvgIpc) is 2.72. The van der Waals surface area contributed by atoms with E-state index in [0.717, 1.165) is 12.3 Å². The highest BCUT2D eigenvalue weighted by Gasteiger charge is 2.10. The van der Waals surface area contributed by atoms with Gasteiger partial charge in [0, 0.05) is 20.1 Å². The molecule has 0 aliphatic carbocycles. The van der Waals surface area contributed by atoms with Crippen LogP contribution in [0.5, 0.6) is 5.75 Å². The van der Waals surface area contributed by atoms with Gasteiger partial charge in [-0.05, 0) is 49.7 Å². The van der Waals surface area contributed by atoms with Crippen LogP contribution in [-0.2, 0) is 6.54 Å². The fourth-order valence-electron chi connectivity index (χ4n) is 3.19. The minimum atomic E-state index is -0.488. The Morgan fingerprint density at radius 3 is 2.89 bits per heavy atom. The molecule has 1 aromatic carbocycles. The molecule has 0 atom stereocenters. The third-order valence-corrected chi connectivity index (χ3v) is 4.59. The first-order valence-corrected chi connectivity index (χ1v) is 9.72. The van der Waals surface area contributed by atoms with Gasteiger partial charge >= 0.3 is 5.69 Å². The third-order valence-electron chi connectivity index (χ3n) is 4.59. The maximum Gasteiger partial charge on any atom is 0.363 e. The number of rotatable bonds is 9. The van der Waals surface area contributed by atoms with Crippen molar-refractivity contribution < 1.29 is 4.74 Å². The first-order chi connectivity index (χ1) is 13.7. The van der Waals surface area contributed by atoms with E-state index in [2.05, 4.69) is 42.8 Å². The fourth-order valence-corrected chi connectivity index (χ4v) is 3.19. The molecule has 0 amide bonds. The molecule has 1 aromatic heterocycles. The average molecular weight is 384 g/mol. The lowest BCUT2D eigenvalue weighted by atomic mass is 10.1. The summed E-state index contributed by atoms with van der Waals surface area (Å²) in [6.45, 7) is 4.36. The number of hydrogen-bond donors (Lipinski definition) is 3. The molecule has 28 heavy (non-hydrogen) atoms. The van der Waals surface area contributed by atoms with Gasteiger partial charge < -0.3 is 15.4 Å². The number of hydrogen-bond acceptors (Lipinski definition) is 7. The molecule has 8 heteroatoms. The van der Waals surface area contributed by atoms with Crippen molar-refractivity contribution in [2.75, 3.05) is 43.9 Å². The molecular weight excluding hydrogens is 356 g/mol. The van der Waals surface area contributed by atoms with E-state index in [4.69, 9.17) is 4.74 Å². The van der Waals surface area contributed by atoms with Crippen LogP contribution in [0.25, 0.3) is 0 Å². The Hall–Kier alpha value is -2.87. The largest absolute Gasteiger partial charge is 0.490 e. The maximum absolute atomic E-state index is 11.3. The topological polar surface area (TPSA) is 95.2 Å². The predicted molar refractivity (Wildman–Crippen MR) is 111 cm³/mol. The van der Waals surface area contributed by atoms with Crippen molar-refractivity contribution in [3.05, 3.63) is 52.5 Å². The smallest absolute Gasteiger partial charge is 0.363 e. The van der Waals surface area contributed by atoms with Gasteiger partial charge in [-0.3, -0.25) is 4.90 Å². The van der Waals surface area contributed by atoms with Crippen molar-refractivity contribution in [2.24, 2.45) is 0 Å². The van der Waals surface area contributed by atoms with E-state index in [1.807, 2.05) is 24.3 Å². The van der Waals surface area contributed by atoms with Gasteiger partial charge in [0.25, 0.3) is 0 Å². The number of piperidine rings is 1. The summed E-state index contributed by atoms with van der Waals surface area (Å²) in [6, 6.07) is 8.30. The van der Waals surface area contributed by atoms with Crippen LogP contribution in [0.1, 0.15) is 24.8 Å². The van der Waals surface area contributed by atoms with Crippen molar-refractivity contribution in [3.8, 4) is 5.75 Å². The Morgan fingerprint density at radius 1 is 1.21 bits per heavy atom. The van der Waals surface area contributed by atoms with E-state index in [1.165, 1.54) is 37.9 Å². The highest BCUT2D eigenvalue weighted by atomic mass is 16.5. The monoisotopic (exact) mass is 384 g/mol. The maximum atomic E-state index is 11.3. The molecule has 150 valence electrons. The number of aromatic amines is 1. The molecule has 2 heterocycles. The minimum Gasteiger partial charge on any atom is -0.490 e. The van der Waals surface area contributed by atoms with Gasteiger partial charge in [0.1, 0.15) is 12.4 Å². The molecule has 3 rings (SSSR count). The second-order valence-electron chi connectivity index (χ2n) is 6.74. The molecule has 0 bridgehead atoms. The van der Waals surface area contributed by atoms with Gasteiger partial charge in [0.2, 0.25) is 0 Å². The van der Waals surface area contributed by atoms with Crippen LogP contribution in [0.4, 0.5) is 11.6 Å². The van der Waals surface area contributed by atoms with Gasteiger partial charge in [-0.25, -0.2) is 9.89 Å². The van der Waals surface area contributed by atoms with E-state index in [9.17, 15) is 4.79 Å². The highest BCUT2D eigenvalue weighted by Crippen LogP contribution is 2.17. The molecule has 0 unspecified atom stereocenters. The first kappa shape index (κ1) is 19.9. The van der Waals surface area contributed by atoms with Crippen molar-refractivity contribution in [1.29, 1.82) is 0 Å². The lowest BCUT2D eigenvalue weighted by Gasteiger charge is -2.26. The zero-order chi connectivity index (χ0) is 19.6. The van der Waals surface area contributed by atoms with E-state index in [0.29, 0.717) is 24.8 Å². The van der Waals surface area contributed by atoms with Crippen LogP contribution in [0.15, 0.2) is 41.2 Å². The van der Waals surface area contributed by atoms with Gasteiger partial charge in [0.05, 0.1) is 0 Å². The quantitative estimate of drug-likeness (QED) is 0.571. The van der Waals surface area contributed by atoms with Crippen LogP contribution in [0, 0.1) is 0 Å². The predicted octanol–water partition coefficient (Wildman–Crippen LogP) is 2.24. The van der Waals surface area contributed by atoms with Crippen molar-refractivity contribution in [3.63, 3.8) is 0 Å².